The molecule has 0 saturated carbocycles. The number of amides is 2. The first-order chi connectivity index (χ1) is 21.3. The molecule has 0 bridgehead atoms. The van der Waals surface area contributed by atoms with Gasteiger partial charge in [0.25, 0.3) is 10.0 Å². The zero-order valence-corrected chi connectivity index (χ0v) is 28.9. The number of hydrogen-bond donors (Lipinski definition) is 1. The van der Waals surface area contributed by atoms with E-state index in [0.717, 1.165) is 25.5 Å². The molecule has 236 valence electrons. The summed E-state index contributed by atoms with van der Waals surface area (Å²) in [5.74, 6) is -0.867. The van der Waals surface area contributed by atoms with E-state index in [-0.39, 0.29) is 35.5 Å². The number of carbonyl (C=O) groups is 2. The smallest absolute Gasteiger partial charge is 0.264 e. The summed E-state index contributed by atoms with van der Waals surface area (Å²) in [5.41, 5.74) is 3.45. The lowest BCUT2D eigenvalue weighted by molar-refractivity contribution is -0.140. The summed E-state index contributed by atoms with van der Waals surface area (Å²) in [6.45, 7) is 6.88. The van der Waals surface area contributed by atoms with E-state index in [4.69, 9.17) is 11.6 Å². The normalized spacial score (nSPS) is 12.1. The van der Waals surface area contributed by atoms with Crippen LogP contribution in [0.5, 0.6) is 0 Å². The average molecular weight is 711 g/mol. The summed E-state index contributed by atoms with van der Waals surface area (Å²) in [4.78, 5) is 29.9. The van der Waals surface area contributed by atoms with Crippen LogP contribution in [0.4, 0.5) is 5.69 Å². The molecule has 0 aromatic heterocycles. The molecule has 10 heteroatoms. The van der Waals surface area contributed by atoms with Crippen molar-refractivity contribution >= 4 is 55.1 Å². The van der Waals surface area contributed by atoms with Gasteiger partial charge in [-0.15, -0.1) is 0 Å². The number of aryl methyl sites for hydroxylation is 2. The lowest BCUT2D eigenvalue weighted by Gasteiger charge is -2.34. The van der Waals surface area contributed by atoms with E-state index in [1.54, 1.807) is 37.3 Å². The van der Waals surface area contributed by atoms with Gasteiger partial charge in [-0.05, 0) is 80.8 Å². The van der Waals surface area contributed by atoms with Crippen LogP contribution < -0.4 is 9.62 Å². The van der Waals surface area contributed by atoms with Crippen LogP contribution in [0.2, 0.25) is 5.02 Å². The SMILES string of the molecule is Cc1ccc(S(=O)(=O)N(CC(=O)N(Cc2cccc(Br)c2)[C@@H](Cc2ccccc2)C(=O)NC(C)C)c2cc(Cl)ccc2C)cc1. The topological polar surface area (TPSA) is 86.8 Å². The van der Waals surface area contributed by atoms with Crippen molar-refractivity contribution in [2.45, 2.75) is 57.6 Å². The van der Waals surface area contributed by atoms with Crippen LogP contribution in [0.15, 0.2) is 106 Å². The van der Waals surface area contributed by atoms with E-state index < -0.39 is 28.5 Å². The number of sulfonamides is 1. The zero-order valence-electron chi connectivity index (χ0n) is 25.7. The van der Waals surface area contributed by atoms with Gasteiger partial charge in [0.1, 0.15) is 12.6 Å². The Morgan fingerprint density at radius 3 is 2.18 bits per heavy atom. The lowest BCUT2D eigenvalue weighted by Crippen LogP contribution is -2.54. The summed E-state index contributed by atoms with van der Waals surface area (Å²) in [6.07, 6.45) is 0.236. The molecule has 0 aliphatic heterocycles. The van der Waals surface area contributed by atoms with E-state index in [1.807, 2.05) is 75.4 Å². The quantitative estimate of drug-likeness (QED) is 0.170. The highest BCUT2D eigenvalue weighted by atomic mass is 79.9. The molecule has 0 heterocycles. The van der Waals surface area contributed by atoms with Crippen molar-refractivity contribution in [3.63, 3.8) is 0 Å². The van der Waals surface area contributed by atoms with Gasteiger partial charge in [0, 0.05) is 28.5 Å². The molecule has 2 amide bonds. The lowest BCUT2D eigenvalue weighted by atomic mass is 10.0. The Morgan fingerprint density at radius 2 is 1.53 bits per heavy atom. The first kappa shape index (κ1) is 34.2. The molecule has 0 saturated heterocycles. The number of benzene rings is 4. The predicted molar refractivity (Wildman–Crippen MR) is 184 cm³/mol. The molecule has 0 unspecified atom stereocenters. The monoisotopic (exact) mass is 709 g/mol. The number of nitrogens with zero attached hydrogens (tertiary/aromatic N) is 2. The molecule has 1 atom stereocenters. The molecule has 4 aromatic carbocycles. The molecular formula is C35H37BrClN3O4S. The Hall–Kier alpha value is -3.66. The Kier molecular flexibility index (Phi) is 11.5. The molecule has 4 aromatic rings. The Balaban J connectivity index is 1.84. The molecule has 0 aliphatic carbocycles. The van der Waals surface area contributed by atoms with Crippen LogP contribution >= 0.6 is 27.5 Å². The van der Waals surface area contributed by atoms with Crippen LogP contribution in [0, 0.1) is 13.8 Å². The van der Waals surface area contributed by atoms with Crippen LogP contribution in [0.3, 0.4) is 0 Å². The van der Waals surface area contributed by atoms with Gasteiger partial charge in [-0.1, -0.05) is 93.8 Å². The molecule has 0 aliphatic rings. The van der Waals surface area contributed by atoms with Gasteiger partial charge in [-0.2, -0.15) is 0 Å². The fourth-order valence-electron chi connectivity index (χ4n) is 4.97. The fourth-order valence-corrected chi connectivity index (χ4v) is 7.05. The summed E-state index contributed by atoms with van der Waals surface area (Å²) in [5, 5.41) is 3.30. The third-order valence-corrected chi connectivity index (χ3v) is 9.77. The van der Waals surface area contributed by atoms with Crippen LogP contribution in [0.1, 0.15) is 36.1 Å². The van der Waals surface area contributed by atoms with Crippen molar-refractivity contribution in [2.24, 2.45) is 0 Å². The van der Waals surface area contributed by atoms with Gasteiger partial charge in [-0.25, -0.2) is 8.42 Å². The molecule has 0 radical (unpaired) electrons. The van der Waals surface area contributed by atoms with Crippen molar-refractivity contribution in [1.29, 1.82) is 0 Å². The maximum atomic E-state index is 14.6. The summed E-state index contributed by atoms with van der Waals surface area (Å²) >= 11 is 9.86. The van der Waals surface area contributed by atoms with E-state index in [0.29, 0.717) is 10.6 Å². The summed E-state index contributed by atoms with van der Waals surface area (Å²) in [6, 6.07) is 27.2. The minimum atomic E-state index is -4.22. The van der Waals surface area contributed by atoms with Crippen molar-refractivity contribution in [2.75, 3.05) is 10.8 Å². The van der Waals surface area contributed by atoms with Gasteiger partial charge < -0.3 is 10.2 Å². The van der Waals surface area contributed by atoms with Crippen molar-refractivity contribution < 1.29 is 18.0 Å². The first-order valence-electron chi connectivity index (χ1n) is 14.6. The Bertz CT molecular complexity index is 1750. The molecule has 7 nitrogen and oxygen atoms in total. The average Bonchev–Trinajstić information content (AvgIpc) is 2.99. The van der Waals surface area contributed by atoms with E-state index in [2.05, 4.69) is 21.2 Å². The minimum Gasteiger partial charge on any atom is -0.352 e. The number of hydrogen-bond acceptors (Lipinski definition) is 4. The molecular weight excluding hydrogens is 674 g/mol. The maximum absolute atomic E-state index is 14.6. The van der Waals surface area contributed by atoms with Crippen molar-refractivity contribution in [3.8, 4) is 0 Å². The number of nitrogens with one attached hydrogen (secondary N) is 1. The second-order valence-electron chi connectivity index (χ2n) is 11.3. The van der Waals surface area contributed by atoms with Crippen LogP contribution in [-0.4, -0.2) is 43.8 Å². The second-order valence-corrected chi connectivity index (χ2v) is 14.5. The van der Waals surface area contributed by atoms with Crippen LogP contribution in [0.25, 0.3) is 0 Å². The highest BCUT2D eigenvalue weighted by Crippen LogP contribution is 2.30. The van der Waals surface area contributed by atoms with Crippen molar-refractivity contribution in [1.82, 2.24) is 10.2 Å². The van der Waals surface area contributed by atoms with Gasteiger partial charge in [0.2, 0.25) is 11.8 Å². The Morgan fingerprint density at radius 1 is 0.867 bits per heavy atom. The third kappa shape index (κ3) is 8.96. The van der Waals surface area contributed by atoms with Gasteiger partial charge in [-0.3, -0.25) is 13.9 Å². The molecule has 0 spiro atoms. The molecule has 4 rings (SSSR count). The van der Waals surface area contributed by atoms with E-state index in [9.17, 15) is 18.0 Å². The minimum absolute atomic E-state index is 0.0391. The zero-order chi connectivity index (χ0) is 32.7. The summed E-state index contributed by atoms with van der Waals surface area (Å²) in [7, 11) is -4.22. The molecule has 0 fully saturated rings. The third-order valence-electron chi connectivity index (χ3n) is 7.27. The number of anilines is 1. The van der Waals surface area contributed by atoms with Crippen molar-refractivity contribution in [3.05, 3.63) is 129 Å². The number of carbonyl (C=O) groups excluding carboxylic acids is 2. The number of rotatable bonds is 12. The van der Waals surface area contributed by atoms with Gasteiger partial charge in [0.15, 0.2) is 0 Å². The fraction of sp³-hybridized carbons (Fsp3) is 0.257. The highest BCUT2D eigenvalue weighted by molar-refractivity contribution is 9.10. The number of halogens is 2. The first-order valence-corrected chi connectivity index (χ1v) is 17.2. The predicted octanol–water partition coefficient (Wildman–Crippen LogP) is 7.08. The van der Waals surface area contributed by atoms with Crippen LogP contribution in [-0.2, 0) is 32.6 Å². The van der Waals surface area contributed by atoms with Gasteiger partial charge >= 0.3 is 0 Å². The summed E-state index contributed by atoms with van der Waals surface area (Å²) < 4.78 is 30.4. The standard InChI is InChI=1S/C35H37BrClN3O4S/c1-24(2)38-35(42)33(20-27-9-6-5-7-10-27)39(22-28-11-8-12-29(36)19-28)34(41)23-40(32-21-30(37)16-15-26(32)4)45(43,44)31-17-13-25(3)14-18-31/h5-19,21,24,33H,20,22-23H2,1-4H3,(H,38,42)/t33-/m0/s1. The largest absolute Gasteiger partial charge is 0.352 e. The van der Waals surface area contributed by atoms with E-state index >= 15 is 0 Å². The highest BCUT2D eigenvalue weighted by Gasteiger charge is 2.35. The molecule has 1 N–H and O–H groups in total. The molecule has 45 heavy (non-hydrogen) atoms. The van der Waals surface area contributed by atoms with E-state index in [1.165, 1.54) is 17.0 Å². The van der Waals surface area contributed by atoms with Gasteiger partial charge in [0.05, 0.1) is 10.6 Å². The second kappa shape index (κ2) is 15.1. The maximum Gasteiger partial charge on any atom is 0.264 e. The Labute approximate surface area is 279 Å².